The van der Waals surface area contributed by atoms with Gasteiger partial charge in [-0.15, -0.1) is 0 Å². The van der Waals surface area contributed by atoms with E-state index in [1.165, 1.54) is 13.2 Å². The molecule has 1 fully saturated rings. The van der Waals surface area contributed by atoms with E-state index in [0.29, 0.717) is 29.4 Å². The van der Waals surface area contributed by atoms with Crippen molar-refractivity contribution in [3.63, 3.8) is 0 Å². The van der Waals surface area contributed by atoms with Gasteiger partial charge in [0.15, 0.2) is 0 Å². The molecule has 8 heteroatoms. The molecule has 28 heavy (non-hydrogen) atoms. The highest BCUT2D eigenvalue weighted by atomic mass is 127. The first-order valence-electron chi connectivity index (χ1n) is 8.42. The van der Waals surface area contributed by atoms with Crippen LogP contribution in [0.4, 0.5) is 10.5 Å². The Morgan fingerprint density at radius 3 is 2.43 bits per heavy atom. The van der Waals surface area contributed by atoms with Crippen LogP contribution in [0, 0.1) is 3.57 Å². The number of imide groups is 2. The monoisotopic (exact) mass is 492 g/mol. The van der Waals surface area contributed by atoms with E-state index in [4.69, 9.17) is 9.47 Å². The van der Waals surface area contributed by atoms with E-state index in [1.807, 2.05) is 13.0 Å². The summed E-state index contributed by atoms with van der Waals surface area (Å²) in [4.78, 5) is 38.4. The zero-order valence-electron chi connectivity index (χ0n) is 15.2. The Balaban J connectivity index is 1.97. The number of carbonyl (C=O) groups excluding carboxylic acids is 3. The van der Waals surface area contributed by atoms with E-state index in [1.54, 1.807) is 36.4 Å². The van der Waals surface area contributed by atoms with Crippen molar-refractivity contribution in [2.45, 2.75) is 6.92 Å². The van der Waals surface area contributed by atoms with Crippen LogP contribution in [0.1, 0.15) is 12.5 Å². The summed E-state index contributed by atoms with van der Waals surface area (Å²) in [5.41, 5.74) is 0.811. The Bertz CT molecular complexity index is 969. The van der Waals surface area contributed by atoms with Gasteiger partial charge in [0.2, 0.25) is 0 Å². The molecule has 3 rings (SSSR count). The van der Waals surface area contributed by atoms with Crippen LogP contribution in [0.15, 0.2) is 48.0 Å². The summed E-state index contributed by atoms with van der Waals surface area (Å²) in [5, 5.41) is 2.21. The number of urea groups is 1. The third kappa shape index (κ3) is 4.16. The molecule has 7 nitrogen and oxygen atoms in total. The second-order valence-corrected chi connectivity index (χ2v) is 7.05. The molecule has 0 aliphatic carbocycles. The first kappa shape index (κ1) is 19.9. The van der Waals surface area contributed by atoms with Gasteiger partial charge in [-0.25, -0.2) is 9.69 Å². The molecular weight excluding hydrogens is 475 g/mol. The van der Waals surface area contributed by atoms with Gasteiger partial charge in [-0.2, -0.15) is 0 Å². The smallest absolute Gasteiger partial charge is 0.335 e. The van der Waals surface area contributed by atoms with E-state index in [0.717, 1.165) is 8.47 Å². The van der Waals surface area contributed by atoms with Gasteiger partial charge in [-0.1, -0.05) is 0 Å². The minimum absolute atomic E-state index is 0.141. The molecule has 1 saturated heterocycles. The molecule has 0 atom stereocenters. The number of ether oxygens (including phenoxy) is 2. The lowest BCUT2D eigenvalue weighted by atomic mass is 10.1. The number of halogens is 1. The fourth-order valence-electron chi connectivity index (χ4n) is 2.70. The summed E-state index contributed by atoms with van der Waals surface area (Å²) in [7, 11) is 1.53. The maximum absolute atomic E-state index is 12.9. The van der Waals surface area contributed by atoms with Crippen molar-refractivity contribution in [1.82, 2.24) is 5.32 Å². The van der Waals surface area contributed by atoms with Crippen LogP contribution in [0.5, 0.6) is 11.5 Å². The lowest BCUT2D eigenvalue weighted by Crippen LogP contribution is -2.54. The molecule has 0 radical (unpaired) electrons. The fraction of sp³-hybridized carbons (Fsp3) is 0.150. The van der Waals surface area contributed by atoms with Gasteiger partial charge in [-0.05, 0) is 83.6 Å². The molecule has 0 bridgehead atoms. The highest BCUT2D eigenvalue weighted by molar-refractivity contribution is 14.1. The van der Waals surface area contributed by atoms with E-state index >= 15 is 0 Å². The Morgan fingerprint density at radius 1 is 1.07 bits per heavy atom. The standard InChI is InChI=1S/C20H17IN2O5/c1-3-28-15-6-4-14(5-7-15)23-19(25)17(18(24)22-20(23)26)10-12-8-13(21)11-16(9-12)27-2/h4-11H,3H2,1-2H3,(H,22,24,26)/b17-10+. The van der Waals surface area contributed by atoms with Crippen LogP contribution in [0.25, 0.3) is 6.08 Å². The topological polar surface area (TPSA) is 84.9 Å². The van der Waals surface area contributed by atoms with Gasteiger partial charge in [0, 0.05) is 3.57 Å². The Morgan fingerprint density at radius 2 is 1.79 bits per heavy atom. The molecule has 0 aromatic heterocycles. The van der Waals surface area contributed by atoms with E-state index in [2.05, 4.69) is 27.9 Å². The minimum Gasteiger partial charge on any atom is -0.497 e. The number of nitrogens with one attached hydrogen (secondary N) is 1. The summed E-state index contributed by atoms with van der Waals surface area (Å²) in [5.74, 6) is -0.221. The highest BCUT2D eigenvalue weighted by Gasteiger charge is 2.36. The normalized spacial score (nSPS) is 15.6. The van der Waals surface area contributed by atoms with Crippen molar-refractivity contribution < 1.29 is 23.9 Å². The summed E-state index contributed by atoms with van der Waals surface area (Å²) in [6.07, 6.45) is 1.44. The number of anilines is 1. The van der Waals surface area contributed by atoms with Crippen LogP contribution < -0.4 is 19.7 Å². The maximum atomic E-state index is 12.9. The second kappa shape index (κ2) is 8.42. The van der Waals surface area contributed by atoms with E-state index < -0.39 is 17.8 Å². The van der Waals surface area contributed by atoms with E-state index in [-0.39, 0.29) is 5.57 Å². The molecule has 1 aliphatic rings. The number of rotatable bonds is 5. The number of benzene rings is 2. The van der Waals surface area contributed by atoms with Crippen molar-refractivity contribution in [3.05, 3.63) is 57.2 Å². The number of barbiturate groups is 1. The molecule has 1 heterocycles. The van der Waals surface area contributed by atoms with Crippen LogP contribution in [0.3, 0.4) is 0 Å². The van der Waals surface area contributed by atoms with Crippen molar-refractivity contribution >= 4 is 52.2 Å². The molecule has 0 spiro atoms. The number of amides is 4. The Labute approximate surface area is 175 Å². The van der Waals surface area contributed by atoms with Crippen molar-refractivity contribution in [2.24, 2.45) is 0 Å². The fourth-order valence-corrected chi connectivity index (χ4v) is 3.37. The lowest BCUT2D eigenvalue weighted by molar-refractivity contribution is -0.122. The molecule has 1 N–H and O–H groups in total. The lowest BCUT2D eigenvalue weighted by Gasteiger charge is -2.26. The molecule has 2 aromatic carbocycles. The molecule has 1 aliphatic heterocycles. The van der Waals surface area contributed by atoms with E-state index in [9.17, 15) is 14.4 Å². The van der Waals surface area contributed by atoms with Crippen molar-refractivity contribution in [3.8, 4) is 11.5 Å². The van der Waals surface area contributed by atoms with Gasteiger partial charge < -0.3 is 9.47 Å². The SMILES string of the molecule is CCOc1ccc(N2C(=O)NC(=O)/C(=C\c3cc(I)cc(OC)c3)C2=O)cc1. The first-order chi connectivity index (χ1) is 13.4. The maximum Gasteiger partial charge on any atom is 0.335 e. The number of methoxy groups -OCH3 is 1. The van der Waals surface area contributed by atoms with Gasteiger partial charge >= 0.3 is 6.03 Å². The summed E-state index contributed by atoms with van der Waals surface area (Å²) < 4.78 is 11.5. The van der Waals surface area contributed by atoms with Crippen LogP contribution in [-0.2, 0) is 9.59 Å². The average Bonchev–Trinajstić information content (AvgIpc) is 2.66. The van der Waals surface area contributed by atoms with Crippen LogP contribution >= 0.6 is 22.6 Å². The molecule has 4 amide bonds. The third-order valence-corrected chi connectivity index (χ3v) is 4.57. The third-order valence-electron chi connectivity index (χ3n) is 3.95. The number of carbonyl (C=O) groups is 3. The quantitative estimate of drug-likeness (QED) is 0.393. The largest absolute Gasteiger partial charge is 0.497 e. The first-order valence-corrected chi connectivity index (χ1v) is 9.49. The van der Waals surface area contributed by atoms with Gasteiger partial charge in [-0.3, -0.25) is 14.9 Å². The second-order valence-electron chi connectivity index (χ2n) is 5.81. The summed E-state index contributed by atoms with van der Waals surface area (Å²) in [6.45, 7) is 2.36. The molecule has 2 aromatic rings. The van der Waals surface area contributed by atoms with Gasteiger partial charge in [0.25, 0.3) is 11.8 Å². The average molecular weight is 492 g/mol. The van der Waals surface area contributed by atoms with Gasteiger partial charge in [0.1, 0.15) is 17.1 Å². The molecule has 0 saturated carbocycles. The summed E-state index contributed by atoms with van der Waals surface area (Å²) >= 11 is 2.11. The number of nitrogens with zero attached hydrogens (tertiary/aromatic N) is 1. The zero-order chi connectivity index (χ0) is 20.3. The predicted octanol–water partition coefficient (Wildman–Crippen LogP) is 3.36. The van der Waals surface area contributed by atoms with Crippen LogP contribution in [-0.4, -0.2) is 31.6 Å². The Kier molecular flexibility index (Phi) is 5.98. The predicted molar refractivity (Wildman–Crippen MR) is 112 cm³/mol. The Hall–Kier alpha value is -2.88. The number of hydrogen-bond donors (Lipinski definition) is 1. The number of hydrogen-bond acceptors (Lipinski definition) is 5. The van der Waals surface area contributed by atoms with Crippen molar-refractivity contribution in [1.29, 1.82) is 0 Å². The molecular formula is C20H17IN2O5. The molecule has 144 valence electrons. The highest BCUT2D eigenvalue weighted by Crippen LogP contribution is 2.26. The van der Waals surface area contributed by atoms with Gasteiger partial charge in [0.05, 0.1) is 19.4 Å². The minimum atomic E-state index is -0.795. The molecule has 0 unspecified atom stereocenters. The van der Waals surface area contributed by atoms with Crippen molar-refractivity contribution in [2.75, 3.05) is 18.6 Å². The van der Waals surface area contributed by atoms with Crippen LogP contribution in [0.2, 0.25) is 0 Å². The zero-order valence-corrected chi connectivity index (χ0v) is 17.3. The summed E-state index contributed by atoms with van der Waals surface area (Å²) in [6, 6.07) is 11.0.